The molecule has 2 nitrogen and oxygen atoms in total. The first-order chi connectivity index (χ1) is 4.29. The average Bonchev–Trinajstić information content (AvgIpc) is 2.15. The second kappa shape index (κ2) is 2.64. The van der Waals surface area contributed by atoms with Crippen molar-refractivity contribution >= 4 is 15.0 Å². The summed E-state index contributed by atoms with van der Waals surface area (Å²) in [4.78, 5) is 10.3. The Kier molecular flexibility index (Phi) is 1.84. The highest BCUT2D eigenvalue weighted by atomic mass is 28.3. The number of allylic oxidation sites excluding steroid dienone is 2. The van der Waals surface area contributed by atoms with Crippen LogP contribution in [0.4, 0.5) is 0 Å². The molecule has 0 saturated heterocycles. The van der Waals surface area contributed by atoms with Gasteiger partial charge in [-0.05, 0) is 0 Å². The van der Waals surface area contributed by atoms with Crippen LogP contribution in [0.25, 0.3) is 0 Å². The summed E-state index contributed by atoms with van der Waals surface area (Å²) in [5, 5.41) is 0. The van der Waals surface area contributed by atoms with Crippen LogP contribution >= 0.6 is 0 Å². The summed E-state index contributed by atoms with van der Waals surface area (Å²) in [6.45, 7) is 1.44. The number of carbonyl (C=O) groups is 1. The largest absolute Gasteiger partial charge is 0.514 e. The zero-order chi connectivity index (χ0) is 6.69. The van der Waals surface area contributed by atoms with E-state index in [0.29, 0.717) is 0 Å². The van der Waals surface area contributed by atoms with Gasteiger partial charge < -0.3 is 4.43 Å². The summed E-state index contributed by atoms with van der Waals surface area (Å²) in [5.41, 5.74) is 3.92. The van der Waals surface area contributed by atoms with Crippen LogP contribution in [0, 0.1) is 0 Å². The van der Waals surface area contributed by atoms with Gasteiger partial charge in [0, 0.05) is 6.92 Å². The molecular formula is C6H8O2Si. The Bertz CT molecular complexity index is 160. The molecule has 0 unspecified atom stereocenters. The van der Waals surface area contributed by atoms with Gasteiger partial charge in [-0.1, -0.05) is 23.6 Å². The van der Waals surface area contributed by atoms with Crippen molar-refractivity contribution in [2.45, 2.75) is 6.92 Å². The molecule has 0 atom stereocenters. The van der Waals surface area contributed by atoms with Crippen LogP contribution in [0.3, 0.4) is 0 Å². The Morgan fingerprint density at radius 2 is 2.00 bits per heavy atom. The fourth-order valence-electron chi connectivity index (χ4n) is 0.682. The molecule has 0 aromatic carbocycles. The van der Waals surface area contributed by atoms with Gasteiger partial charge in [0.05, 0.1) is 0 Å². The van der Waals surface area contributed by atoms with Gasteiger partial charge in [0.1, 0.15) is 0 Å². The summed E-state index contributed by atoms with van der Waals surface area (Å²) < 4.78 is 4.94. The lowest BCUT2D eigenvalue weighted by Gasteiger charge is -2.01. The van der Waals surface area contributed by atoms with Crippen molar-refractivity contribution in [3.8, 4) is 0 Å². The Labute approximate surface area is 55.6 Å². The highest BCUT2D eigenvalue weighted by Gasteiger charge is 2.08. The van der Waals surface area contributed by atoms with Crippen molar-refractivity contribution in [3.05, 3.63) is 23.6 Å². The van der Waals surface area contributed by atoms with Crippen molar-refractivity contribution in [3.63, 3.8) is 0 Å². The molecule has 1 heterocycles. The predicted molar refractivity (Wildman–Crippen MR) is 37.2 cm³/mol. The van der Waals surface area contributed by atoms with E-state index in [4.69, 9.17) is 4.43 Å². The van der Waals surface area contributed by atoms with E-state index in [9.17, 15) is 4.79 Å². The third-order valence-corrected chi connectivity index (χ3v) is 2.82. The molecule has 1 rings (SSSR count). The van der Waals surface area contributed by atoms with Crippen LogP contribution in [0.1, 0.15) is 6.92 Å². The normalized spacial score (nSPS) is 16.6. The monoisotopic (exact) mass is 140 g/mol. The summed E-state index contributed by atoms with van der Waals surface area (Å²) in [6.07, 6.45) is 3.83. The van der Waals surface area contributed by atoms with Gasteiger partial charge in [-0.15, -0.1) is 0 Å². The summed E-state index contributed by atoms with van der Waals surface area (Å²) in [5.74, 6) is -0.178. The molecule has 0 aromatic rings. The molecule has 0 fully saturated rings. The Morgan fingerprint density at radius 1 is 1.44 bits per heavy atom. The third kappa shape index (κ3) is 1.85. The van der Waals surface area contributed by atoms with E-state index in [1.807, 2.05) is 23.6 Å². The first-order valence-corrected chi connectivity index (χ1v) is 4.62. The predicted octanol–water partition coefficient (Wildman–Crippen LogP) is 0.478. The van der Waals surface area contributed by atoms with Crippen molar-refractivity contribution in [1.29, 1.82) is 0 Å². The van der Waals surface area contributed by atoms with Crippen LogP contribution < -0.4 is 0 Å². The lowest BCUT2D eigenvalue weighted by molar-refractivity contribution is -0.132. The van der Waals surface area contributed by atoms with Crippen LogP contribution in [0.15, 0.2) is 23.6 Å². The van der Waals surface area contributed by atoms with Crippen LogP contribution in [-0.2, 0) is 9.22 Å². The van der Waals surface area contributed by atoms with Gasteiger partial charge in [0.25, 0.3) is 15.0 Å². The maximum Gasteiger partial charge on any atom is 0.289 e. The zero-order valence-electron chi connectivity index (χ0n) is 5.20. The van der Waals surface area contributed by atoms with E-state index >= 15 is 0 Å². The number of carbonyl (C=O) groups excluding carboxylic acids is 1. The summed E-state index contributed by atoms with van der Waals surface area (Å²) in [6, 6.07) is 0. The molecule has 0 saturated carbocycles. The third-order valence-electron chi connectivity index (χ3n) is 1.01. The highest BCUT2D eigenvalue weighted by Crippen LogP contribution is 1.99. The van der Waals surface area contributed by atoms with E-state index in [2.05, 4.69) is 0 Å². The van der Waals surface area contributed by atoms with E-state index in [1.165, 1.54) is 6.92 Å². The number of hydrogen-bond donors (Lipinski definition) is 0. The molecule has 0 aliphatic carbocycles. The topological polar surface area (TPSA) is 26.3 Å². The lowest BCUT2D eigenvalue weighted by Crippen LogP contribution is -2.14. The number of hydrogen-bond acceptors (Lipinski definition) is 2. The quantitative estimate of drug-likeness (QED) is 0.495. The summed E-state index contributed by atoms with van der Waals surface area (Å²) in [7, 11) is -1.35. The van der Waals surface area contributed by atoms with Crippen molar-refractivity contribution in [2.75, 3.05) is 0 Å². The molecule has 0 aromatic heterocycles. The Balaban J connectivity index is 2.37. The fourth-order valence-corrected chi connectivity index (χ4v) is 2.05. The Morgan fingerprint density at radius 3 is 2.44 bits per heavy atom. The Hall–Kier alpha value is -0.833. The molecule has 0 amide bonds. The second-order valence-corrected chi connectivity index (χ2v) is 3.78. The molecule has 1 aliphatic rings. The molecule has 0 radical (unpaired) electrons. The van der Waals surface area contributed by atoms with E-state index in [1.54, 1.807) is 0 Å². The van der Waals surface area contributed by atoms with Crippen molar-refractivity contribution in [1.82, 2.24) is 0 Å². The maximum absolute atomic E-state index is 10.3. The fraction of sp³-hybridized carbons (Fsp3) is 0.167. The minimum absolute atomic E-state index is 0.178. The molecule has 0 spiro atoms. The van der Waals surface area contributed by atoms with Crippen LogP contribution in [-0.4, -0.2) is 15.0 Å². The molecular weight excluding hydrogens is 132 g/mol. The average molecular weight is 140 g/mol. The second-order valence-electron chi connectivity index (χ2n) is 1.84. The SMILES string of the molecule is CC(=O)O[SiH]1C=CC=C1. The minimum atomic E-state index is -1.35. The van der Waals surface area contributed by atoms with E-state index in [0.717, 1.165) is 0 Å². The van der Waals surface area contributed by atoms with Crippen LogP contribution in [0.5, 0.6) is 0 Å². The number of rotatable bonds is 1. The lowest BCUT2D eigenvalue weighted by atomic mass is 10.6. The maximum atomic E-state index is 10.3. The van der Waals surface area contributed by atoms with Gasteiger partial charge in [-0.25, -0.2) is 0 Å². The smallest absolute Gasteiger partial charge is 0.289 e. The minimum Gasteiger partial charge on any atom is -0.514 e. The van der Waals surface area contributed by atoms with Gasteiger partial charge >= 0.3 is 0 Å². The highest BCUT2D eigenvalue weighted by molar-refractivity contribution is 6.65. The first-order valence-electron chi connectivity index (χ1n) is 2.81. The zero-order valence-corrected chi connectivity index (χ0v) is 6.36. The van der Waals surface area contributed by atoms with Crippen molar-refractivity contribution in [2.24, 2.45) is 0 Å². The first kappa shape index (κ1) is 6.29. The van der Waals surface area contributed by atoms with Gasteiger partial charge in [-0.3, -0.25) is 4.79 Å². The van der Waals surface area contributed by atoms with E-state index < -0.39 is 9.04 Å². The summed E-state index contributed by atoms with van der Waals surface area (Å²) >= 11 is 0. The molecule has 3 heteroatoms. The molecule has 9 heavy (non-hydrogen) atoms. The van der Waals surface area contributed by atoms with Gasteiger partial charge in [0.2, 0.25) is 0 Å². The molecule has 0 bridgehead atoms. The van der Waals surface area contributed by atoms with Gasteiger partial charge in [-0.2, -0.15) is 0 Å². The van der Waals surface area contributed by atoms with Crippen molar-refractivity contribution < 1.29 is 9.22 Å². The molecule has 0 N–H and O–H groups in total. The van der Waals surface area contributed by atoms with E-state index in [-0.39, 0.29) is 5.97 Å². The standard InChI is InChI=1S/C6H8O2Si/c1-6(7)8-9-4-2-3-5-9/h2-5,9H,1H3. The van der Waals surface area contributed by atoms with Gasteiger partial charge in [0.15, 0.2) is 0 Å². The molecule has 48 valence electrons. The molecule has 1 aliphatic heterocycles. The van der Waals surface area contributed by atoms with Crippen LogP contribution in [0.2, 0.25) is 0 Å².